The standard InChI is InChI=1S/C27H30N2O5/c30-24(29-14-21-22(15-29)25(21)26(31)32)12-2-1-7-13-28-27(33)34-16-23-19-10-5-3-8-17(19)18-9-4-6-11-20(18)23/h3-6,8-11,21-23,25H,1-2,7,12-16H2,(H,28,33)(H,31,32). The van der Waals surface area contributed by atoms with Crippen molar-refractivity contribution in [3.05, 3.63) is 59.7 Å². The van der Waals surface area contributed by atoms with Gasteiger partial charge in [-0.25, -0.2) is 4.79 Å². The van der Waals surface area contributed by atoms with Gasteiger partial charge in [-0.15, -0.1) is 0 Å². The summed E-state index contributed by atoms with van der Waals surface area (Å²) in [6.07, 6.45) is 2.45. The van der Waals surface area contributed by atoms with Crippen LogP contribution in [0.5, 0.6) is 0 Å². The van der Waals surface area contributed by atoms with Gasteiger partial charge in [0.25, 0.3) is 0 Å². The quantitative estimate of drug-likeness (QED) is 0.552. The SMILES string of the molecule is O=C(NCCCCCC(=O)N1CC2C(C1)C2C(=O)O)OCC1c2ccccc2-c2ccccc21. The topological polar surface area (TPSA) is 95.9 Å². The highest BCUT2D eigenvalue weighted by atomic mass is 16.5. The average Bonchev–Trinajstić information content (AvgIpc) is 3.20. The molecule has 2 aromatic rings. The molecule has 0 bridgehead atoms. The number of likely N-dealkylation sites (tertiary alicyclic amines) is 1. The fourth-order valence-corrected chi connectivity index (χ4v) is 5.67. The van der Waals surface area contributed by atoms with E-state index in [0.29, 0.717) is 32.7 Å². The maximum Gasteiger partial charge on any atom is 0.407 e. The lowest BCUT2D eigenvalue weighted by Crippen LogP contribution is -2.32. The Hall–Kier alpha value is -3.35. The number of piperidine rings is 1. The maximum atomic E-state index is 12.3. The van der Waals surface area contributed by atoms with Crippen molar-refractivity contribution in [3.8, 4) is 11.1 Å². The van der Waals surface area contributed by atoms with E-state index in [1.807, 2.05) is 29.2 Å². The number of aliphatic carboxylic acids is 1. The lowest BCUT2D eigenvalue weighted by atomic mass is 9.98. The molecular weight excluding hydrogens is 432 g/mol. The average molecular weight is 463 g/mol. The minimum Gasteiger partial charge on any atom is -0.481 e. The third-order valence-corrected chi connectivity index (χ3v) is 7.51. The lowest BCUT2D eigenvalue weighted by molar-refractivity contribution is -0.141. The van der Waals surface area contributed by atoms with Crippen molar-refractivity contribution in [2.24, 2.45) is 17.8 Å². The first-order chi connectivity index (χ1) is 16.5. The molecule has 7 heteroatoms. The summed E-state index contributed by atoms with van der Waals surface area (Å²) in [7, 11) is 0. The van der Waals surface area contributed by atoms with Gasteiger partial charge in [0, 0.05) is 32.0 Å². The van der Waals surface area contributed by atoms with Gasteiger partial charge in [-0.3, -0.25) is 9.59 Å². The van der Waals surface area contributed by atoms with Crippen LogP contribution in [0.2, 0.25) is 0 Å². The highest BCUT2D eigenvalue weighted by Gasteiger charge is 2.60. The van der Waals surface area contributed by atoms with E-state index in [4.69, 9.17) is 9.84 Å². The van der Waals surface area contributed by atoms with Crippen LogP contribution in [0.15, 0.2) is 48.5 Å². The van der Waals surface area contributed by atoms with E-state index in [0.717, 1.165) is 19.3 Å². The van der Waals surface area contributed by atoms with Gasteiger partial charge < -0.3 is 20.1 Å². The number of unbranched alkanes of at least 4 members (excludes halogenated alkanes) is 2. The van der Waals surface area contributed by atoms with Gasteiger partial charge >= 0.3 is 12.1 Å². The Kier molecular flexibility index (Phi) is 6.26. The second-order valence-electron chi connectivity index (χ2n) is 9.55. The highest BCUT2D eigenvalue weighted by molar-refractivity contribution is 5.80. The van der Waals surface area contributed by atoms with E-state index in [1.165, 1.54) is 22.3 Å². The molecule has 0 spiro atoms. The fraction of sp³-hybridized carbons (Fsp3) is 0.444. The molecule has 2 atom stereocenters. The van der Waals surface area contributed by atoms with Gasteiger partial charge in [0.1, 0.15) is 6.61 Å². The van der Waals surface area contributed by atoms with Gasteiger partial charge in [-0.1, -0.05) is 55.0 Å². The van der Waals surface area contributed by atoms with Crippen molar-refractivity contribution in [1.29, 1.82) is 0 Å². The largest absolute Gasteiger partial charge is 0.481 e. The monoisotopic (exact) mass is 462 g/mol. The number of hydrogen-bond acceptors (Lipinski definition) is 4. The van der Waals surface area contributed by atoms with E-state index < -0.39 is 12.1 Å². The lowest BCUT2D eigenvalue weighted by Gasteiger charge is -2.19. The van der Waals surface area contributed by atoms with Crippen LogP contribution in [0.3, 0.4) is 0 Å². The van der Waals surface area contributed by atoms with E-state index in [2.05, 4.69) is 29.6 Å². The second kappa shape index (κ2) is 9.49. The Balaban J connectivity index is 0.975. The highest BCUT2D eigenvalue weighted by Crippen LogP contribution is 2.51. The zero-order valence-electron chi connectivity index (χ0n) is 19.1. The molecule has 2 unspecified atom stereocenters. The molecule has 2 aliphatic carbocycles. The third-order valence-electron chi connectivity index (χ3n) is 7.51. The molecule has 3 aliphatic rings. The summed E-state index contributed by atoms with van der Waals surface area (Å²) in [4.78, 5) is 37.4. The molecule has 178 valence electrons. The van der Waals surface area contributed by atoms with Crippen LogP contribution in [0.4, 0.5) is 4.79 Å². The fourth-order valence-electron chi connectivity index (χ4n) is 5.67. The molecular formula is C27H30N2O5. The van der Waals surface area contributed by atoms with Crippen molar-refractivity contribution in [3.63, 3.8) is 0 Å². The van der Waals surface area contributed by atoms with Crippen molar-refractivity contribution < 1.29 is 24.2 Å². The predicted molar refractivity (Wildman–Crippen MR) is 126 cm³/mol. The van der Waals surface area contributed by atoms with Crippen LogP contribution in [-0.2, 0) is 14.3 Å². The first kappa shape index (κ1) is 22.4. The van der Waals surface area contributed by atoms with Gasteiger partial charge in [-0.2, -0.15) is 0 Å². The van der Waals surface area contributed by atoms with E-state index in [1.54, 1.807) is 0 Å². The van der Waals surface area contributed by atoms with Gasteiger partial charge in [0.05, 0.1) is 5.92 Å². The van der Waals surface area contributed by atoms with Crippen molar-refractivity contribution in [2.75, 3.05) is 26.2 Å². The number of carboxylic acids is 1. The summed E-state index contributed by atoms with van der Waals surface area (Å²) in [5, 5.41) is 11.9. The maximum absolute atomic E-state index is 12.3. The molecule has 1 aliphatic heterocycles. The molecule has 2 N–H and O–H groups in total. The van der Waals surface area contributed by atoms with E-state index in [-0.39, 0.29) is 29.6 Å². The Bertz CT molecular complexity index is 1040. The second-order valence-corrected chi connectivity index (χ2v) is 9.55. The van der Waals surface area contributed by atoms with Crippen LogP contribution in [0.1, 0.15) is 42.7 Å². The van der Waals surface area contributed by atoms with Crippen molar-refractivity contribution >= 4 is 18.0 Å². The summed E-state index contributed by atoms with van der Waals surface area (Å²) >= 11 is 0. The van der Waals surface area contributed by atoms with E-state index >= 15 is 0 Å². The van der Waals surface area contributed by atoms with Gasteiger partial charge in [0.15, 0.2) is 0 Å². The first-order valence-corrected chi connectivity index (χ1v) is 12.1. The minimum absolute atomic E-state index is 0.0477. The zero-order chi connectivity index (χ0) is 23.7. The molecule has 2 amide bonds. The predicted octanol–water partition coefficient (Wildman–Crippen LogP) is 3.87. The summed E-state index contributed by atoms with van der Waals surface area (Å²) < 4.78 is 5.54. The number of alkyl carbamates (subject to hydrolysis) is 1. The summed E-state index contributed by atoms with van der Waals surface area (Å²) in [5.74, 6) is -0.503. The molecule has 1 saturated carbocycles. The molecule has 5 rings (SSSR count). The Morgan fingerprint density at radius 1 is 0.912 bits per heavy atom. The number of amides is 2. The van der Waals surface area contributed by atoms with Crippen molar-refractivity contribution in [1.82, 2.24) is 10.2 Å². The Labute approximate surface area is 199 Å². The number of rotatable bonds is 9. The molecule has 1 saturated heterocycles. The Morgan fingerprint density at radius 3 is 2.15 bits per heavy atom. The number of carbonyl (C=O) groups excluding carboxylic acids is 2. The number of carboxylic acid groups (broad SMARTS) is 1. The van der Waals surface area contributed by atoms with Crippen LogP contribution < -0.4 is 5.32 Å². The number of carbonyl (C=O) groups is 3. The molecule has 34 heavy (non-hydrogen) atoms. The van der Waals surface area contributed by atoms with Gasteiger partial charge in [-0.05, 0) is 46.9 Å². The molecule has 2 fully saturated rings. The summed E-state index contributed by atoms with van der Waals surface area (Å²) in [6.45, 7) is 1.99. The molecule has 0 aromatic heterocycles. The molecule has 2 aromatic carbocycles. The van der Waals surface area contributed by atoms with Crippen LogP contribution in [0.25, 0.3) is 11.1 Å². The smallest absolute Gasteiger partial charge is 0.407 e. The number of nitrogens with one attached hydrogen (secondary N) is 1. The Morgan fingerprint density at radius 2 is 1.53 bits per heavy atom. The molecule has 1 heterocycles. The normalized spacial score (nSPS) is 22.0. The summed E-state index contributed by atoms with van der Waals surface area (Å²) in [5.41, 5.74) is 4.79. The molecule has 0 radical (unpaired) electrons. The zero-order valence-corrected chi connectivity index (χ0v) is 19.1. The van der Waals surface area contributed by atoms with Crippen molar-refractivity contribution in [2.45, 2.75) is 31.6 Å². The minimum atomic E-state index is -0.731. The third kappa shape index (κ3) is 4.39. The number of ether oxygens (including phenoxy) is 1. The summed E-state index contributed by atoms with van der Waals surface area (Å²) in [6, 6.07) is 16.5. The van der Waals surface area contributed by atoms with Crippen LogP contribution >= 0.6 is 0 Å². The van der Waals surface area contributed by atoms with Gasteiger partial charge in [0.2, 0.25) is 5.91 Å². The van der Waals surface area contributed by atoms with E-state index in [9.17, 15) is 14.4 Å². The molecule has 7 nitrogen and oxygen atoms in total. The van der Waals surface area contributed by atoms with Crippen LogP contribution in [0, 0.1) is 17.8 Å². The number of benzene rings is 2. The van der Waals surface area contributed by atoms with Crippen LogP contribution in [-0.4, -0.2) is 54.2 Å². The number of nitrogens with zero attached hydrogens (tertiary/aromatic N) is 1. The number of hydrogen-bond donors (Lipinski definition) is 2. The number of fused-ring (bicyclic) bond motifs is 4. The first-order valence-electron chi connectivity index (χ1n) is 12.1.